The van der Waals surface area contributed by atoms with E-state index in [0.717, 1.165) is 29.5 Å². The highest BCUT2D eigenvalue weighted by Gasteiger charge is 2.14. The standard InChI is InChI=1S/C20H22FNO3S/c1-4-18(14-5-8-16(25-3)9-6-14)22-20(24)12-26-19-10-7-15(13(2)23)11-17(19)21/h5-11,18H,4,12H2,1-3H3,(H,22,24). The van der Waals surface area contributed by atoms with Crippen molar-refractivity contribution in [2.45, 2.75) is 31.2 Å². The summed E-state index contributed by atoms with van der Waals surface area (Å²) in [5.74, 6) is 0.00653. The summed E-state index contributed by atoms with van der Waals surface area (Å²) < 4.78 is 19.1. The molecule has 0 radical (unpaired) electrons. The van der Waals surface area contributed by atoms with Crippen LogP contribution in [-0.4, -0.2) is 24.6 Å². The first-order valence-corrected chi connectivity index (χ1v) is 9.29. The summed E-state index contributed by atoms with van der Waals surface area (Å²) >= 11 is 1.11. The van der Waals surface area contributed by atoms with Gasteiger partial charge in [0, 0.05) is 10.5 Å². The molecule has 0 aliphatic rings. The number of ketones is 1. The van der Waals surface area contributed by atoms with Gasteiger partial charge in [-0.3, -0.25) is 9.59 Å². The second-order valence-corrected chi connectivity index (χ2v) is 6.81. The van der Waals surface area contributed by atoms with Gasteiger partial charge in [0.25, 0.3) is 0 Å². The van der Waals surface area contributed by atoms with Crippen LogP contribution in [0.3, 0.4) is 0 Å². The topological polar surface area (TPSA) is 55.4 Å². The molecular formula is C20H22FNO3S. The number of methoxy groups -OCH3 is 1. The lowest BCUT2D eigenvalue weighted by atomic mass is 10.0. The van der Waals surface area contributed by atoms with Gasteiger partial charge in [-0.15, -0.1) is 11.8 Å². The molecule has 138 valence electrons. The summed E-state index contributed by atoms with van der Waals surface area (Å²) in [4.78, 5) is 23.8. The number of ether oxygens (including phenoxy) is 1. The molecule has 0 saturated carbocycles. The summed E-state index contributed by atoms with van der Waals surface area (Å²) in [6, 6.07) is 11.7. The Bertz CT molecular complexity index is 777. The molecule has 6 heteroatoms. The summed E-state index contributed by atoms with van der Waals surface area (Å²) in [6.45, 7) is 3.38. The van der Waals surface area contributed by atoms with Gasteiger partial charge in [-0.1, -0.05) is 25.1 Å². The molecule has 4 nitrogen and oxygen atoms in total. The highest BCUT2D eigenvalue weighted by atomic mass is 32.2. The van der Waals surface area contributed by atoms with E-state index < -0.39 is 5.82 Å². The molecule has 2 aromatic carbocycles. The lowest BCUT2D eigenvalue weighted by Crippen LogP contribution is -2.29. The molecule has 0 fully saturated rings. The molecular weight excluding hydrogens is 353 g/mol. The minimum atomic E-state index is -0.488. The highest BCUT2D eigenvalue weighted by Crippen LogP contribution is 2.24. The van der Waals surface area contributed by atoms with Crippen molar-refractivity contribution < 1.29 is 18.7 Å². The average Bonchev–Trinajstić information content (AvgIpc) is 2.65. The number of rotatable bonds is 8. The largest absolute Gasteiger partial charge is 0.497 e. The van der Waals surface area contributed by atoms with E-state index in [4.69, 9.17) is 4.74 Å². The number of hydrogen-bond donors (Lipinski definition) is 1. The number of carbonyl (C=O) groups excluding carboxylic acids is 2. The van der Waals surface area contributed by atoms with Gasteiger partial charge in [-0.05, 0) is 43.2 Å². The Balaban J connectivity index is 1.95. The fourth-order valence-electron chi connectivity index (χ4n) is 2.47. The maximum Gasteiger partial charge on any atom is 0.230 e. The Morgan fingerprint density at radius 1 is 1.19 bits per heavy atom. The van der Waals surface area contributed by atoms with Gasteiger partial charge in [0.2, 0.25) is 5.91 Å². The highest BCUT2D eigenvalue weighted by molar-refractivity contribution is 8.00. The lowest BCUT2D eigenvalue weighted by Gasteiger charge is -2.18. The molecule has 0 aromatic heterocycles. The van der Waals surface area contributed by atoms with Gasteiger partial charge in [-0.25, -0.2) is 4.39 Å². The minimum absolute atomic E-state index is 0.100. The number of benzene rings is 2. The van der Waals surface area contributed by atoms with Crippen LogP contribution >= 0.6 is 11.8 Å². The van der Waals surface area contributed by atoms with Crippen LogP contribution in [0.4, 0.5) is 4.39 Å². The second-order valence-electron chi connectivity index (χ2n) is 5.79. The van der Waals surface area contributed by atoms with Crippen LogP contribution in [0.15, 0.2) is 47.4 Å². The van der Waals surface area contributed by atoms with Crippen LogP contribution in [0.5, 0.6) is 5.75 Å². The molecule has 0 saturated heterocycles. The fourth-order valence-corrected chi connectivity index (χ4v) is 3.20. The minimum Gasteiger partial charge on any atom is -0.497 e. The van der Waals surface area contributed by atoms with Crippen molar-refractivity contribution in [3.63, 3.8) is 0 Å². The predicted octanol–water partition coefficient (Wildman–Crippen LogP) is 4.40. The van der Waals surface area contributed by atoms with E-state index in [-0.39, 0.29) is 23.5 Å². The first kappa shape index (κ1) is 20.0. The van der Waals surface area contributed by atoms with E-state index >= 15 is 0 Å². The van der Waals surface area contributed by atoms with Crippen molar-refractivity contribution in [3.05, 3.63) is 59.4 Å². The third kappa shape index (κ3) is 5.33. The van der Waals surface area contributed by atoms with Crippen molar-refractivity contribution in [1.82, 2.24) is 5.32 Å². The molecule has 1 N–H and O–H groups in total. The Hall–Kier alpha value is -2.34. The second kappa shape index (κ2) is 9.38. The maximum atomic E-state index is 14.0. The van der Waals surface area contributed by atoms with E-state index in [9.17, 15) is 14.0 Å². The zero-order chi connectivity index (χ0) is 19.1. The lowest BCUT2D eigenvalue weighted by molar-refractivity contribution is -0.119. The van der Waals surface area contributed by atoms with Crippen molar-refractivity contribution in [3.8, 4) is 5.75 Å². The van der Waals surface area contributed by atoms with Crippen LogP contribution in [0.1, 0.15) is 42.2 Å². The van der Waals surface area contributed by atoms with Crippen molar-refractivity contribution in [2.75, 3.05) is 12.9 Å². The third-order valence-corrected chi connectivity index (χ3v) is 5.01. The molecule has 0 heterocycles. The van der Waals surface area contributed by atoms with Crippen LogP contribution in [-0.2, 0) is 4.79 Å². The third-order valence-electron chi connectivity index (χ3n) is 3.96. The van der Waals surface area contributed by atoms with Crippen molar-refractivity contribution >= 4 is 23.5 Å². The van der Waals surface area contributed by atoms with Crippen LogP contribution in [0.25, 0.3) is 0 Å². The van der Waals surface area contributed by atoms with Crippen LogP contribution in [0.2, 0.25) is 0 Å². The molecule has 2 aromatic rings. The zero-order valence-corrected chi connectivity index (χ0v) is 15.9. The summed E-state index contributed by atoms with van der Waals surface area (Å²) in [7, 11) is 1.60. The Kier molecular flexibility index (Phi) is 7.21. The summed E-state index contributed by atoms with van der Waals surface area (Å²) in [5, 5.41) is 2.96. The van der Waals surface area contributed by atoms with Crippen molar-refractivity contribution in [2.24, 2.45) is 0 Å². The van der Waals surface area contributed by atoms with E-state index in [0.29, 0.717) is 10.5 Å². The normalized spacial score (nSPS) is 11.7. The summed E-state index contributed by atoms with van der Waals surface area (Å²) in [5.41, 5.74) is 1.31. The average molecular weight is 375 g/mol. The quantitative estimate of drug-likeness (QED) is 0.549. The van der Waals surface area contributed by atoms with Gasteiger partial charge in [-0.2, -0.15) is 0 Å². The molecule has 26 heavy (non-hydrogen) atoms. The summed E-state index contributed by atoms with van der Waals surface area (Å²) in [6.07, 6.45) is 0.740. The Labute approximate surface area is 157 Å². The van der Waals surface area contributed by atoms with E-state index in [2.05, 4.69) is 5.32 Å². The number of hydrogen-bond acceptors (Lipinski definition) is 4. The zero-order valence-electron chi connectivity index (χ0n) is 15.0. The maximum absolute atomic E-state index is 14.0. The van der Waals surface area contributed by atoms with Crippen molar-refractivity contribution in [1.29, 1.82) is 0 Å². The number of nitrogens with one attached hydrogen (secondary N) is 1. The van der Waals surface area contributed by atoms with Gasteiger partial charge < -0.3 is 10.1 Å². The number of halogens is 1. The molecule has 2 rings (SSSR count). The van der Waals surface area contributed by atoms with E-state index in [1.807, 2.05) is 31.2 Å². The number of amides is 1. The first-order chi connectivity index (χ1) is 12.4. The first-order valence-electron chi connectivity index (χ1n) is 8.31. The predicted molar refractivity (Wildman–Crippen MR) is 101 cm³/mol. The van der Waals surface area contributed by atoms with Gasteiger partial charge in [0.1, 0.15) is 11.6 Å². The number of thioether (sulfide) groups is 1. The molecule has 0 spiro atoms. The van der Waals surface area contributed by atoms with Crippen LogP contribution < -0.4 is 10.1 Å². The SMILES string of the molecule is CCC(NC(=O)CSc1ccc(C(C)=O)cc1F)c1ccc(OC)cc1. The smallest absolute Gasteiger partial charge is 0.230 e. The van der Waals surface area contributed by atoms with Crippen LogP contribution in [0, 0.1) is 5.82 Å². The number of Topliss-reactive ketones (excluding diaryl/α,β-unsaturated/α-hetero) is 1. The Morgan fingerprint density at radius 2 is 1.88 bits per heavy atom. The molecule has 0 aliphatic heterocycles. The van der Waals surface area contributed by atoms with Gasteiger partial charge in [0.05, 0.1) is 18.9 Å². The molecule has 0 aliphatic carbocycles. The van der Waals surface area contributed by atoms with Gasteiger partial charge >= 0.3 is 0 Å². The van der Waals surface area contributed by atoms with Gasteiger partial charge in [0.15, 0.2) is 5.78 Å². The fraction of sp³-hybridized carbons (Fsp3) is 0.300. The Morgan fingerprint density at radius 3 is 2.42 bits per heavy atom. The molecule has 1 unspecified atom stereocenters. The van der Waals surface area contributed by atoms with E-state index in [1.54, 1.807) is 13.2 Å². The molecule has 0 bridgehead atoms. The monoisotopic (exact) mass is 375 g/mol. The molecule has 1 amide bonds. The number of carbonyl (C=O) groups is 2. The molecule has 1 atom stereocenters. The van der Waals surface area contributed by atoms with E-state index in [1.165, 1.54) is 19.1 Å².